The van der Waals surface area contributed by atoms with Gasteiger partial charge in [-0.05, 0) is 39.4 Å². The Morgan fingerprint density at radius 3 is 2.59 bits per heavy atom. The van der Waals surface area contributed by atoms with Crippen molar-refractivity contribution in [1.29, 1.82) is 5.26 Å². The van der Waals surface area contributed by atoms with Gasteiger partial charge in [0.15, 0.2) is 0 Å². The average Bonchev–Trinajstić information content (AvgIpc) is 2.27. The molecule has 17 heavy (non-hydrogen) atoms. The van der Waals surface area contributed by atoms with Crippen molar-refractivity contribution in [3.05, 3.63) is 0 Å². The third kappa shape index (κ3) is 8.44. The predicted octanol–water partition coefficient (Wildman–Crippen LogP) is 1.13. The molecule has 4 nitrogen and oxygen atoms in total. The molecule has 0 rings (SSSR count). The summed E-state index contributed by atoms with van der Waals surface area (Å²) in [5.74, 6) is 1.45. The number of thioether (sulfide) groups is 1. The molecule has 2 unspecified atom stereocenters. The summed E-state index contributed by atoms with van der Waals surface area (Å²) in [5, 5.41) is 30.2. The first-order valence-corrected chi connectivity index (χ1v) is 7.14. The minimum absolute atomic E-state index is 0.183. The Morgan fingerprint density at radius 1 is 1.47 bits per heavy atom. The van der Waals surface area contributed by atoms with Gasteiger partial charge in [-0.3, -0.25) is 5.32 Å². The van der Waals surface area contributed by atoms with Crippen LogP contribution in [0.25, 0.3) is 0 Å². The minimum atomic E-state index is -0.629. The summed E-state index contributed by atoms with van der Waals surface area (Å²) < 4.78 is 0. The molecule has 3 N–H and O–H groups in total. The zero-order valence-electron chi connectivity index (χ0n) is 10.9. The van der Waals surface area contributed by atoms with E-state index in [1.54, 1.807) is 11.8 Å². The first-order valence-electron chi connectivity index (χ1n) is 5.99. The number of hydrogen-bond donors (Lipinski definition) is 3. The van der Waals surface area contributed by atoms with Gasteiger partial charge in [-0.25, -0.2) is 0 Å². The molecule has 0 aliphatic carbocycles. The monoisotopic (exact) mass is 260 g/mol. The van der Waals surface area contributed by atoms with Crippen LogP contribution in [0.5, 0.6) is 0 Å². The lowest BCUT2D eigenvalue weighted by molar-refractivity contribution is 0.113. The zero-order valence-corrected chi connectivity index (χ0v) is 11.8. The van der Waals surface area contributed by atoms with Crippen molar-refractivity contribution in [1.82, 2.24) is 5.32 Å². The molecule has 0 aromatic heterocycles. The lowest BCUT2D eigenvalue weighted by atomic mass is 9.97. The fourth-order valence-corrected chi connectivity index (χ4v) is 2.49. The molecular weight excluding hydrogens is 236 g/mol. The van der Waals surface area contributed by atoms with E-state index in [9.17, 15) is 0 Å². The SMILES string of the molecule is CC(C)NC(C)(C#N)CCCSCC(O)CO. The molecule has 0 radical (unpaired) electrons. The molecule has 0 heterocycles. The average molecular weight is 260 g/mol. The molecule has 0 spiro atoms. The third-order valence-electron chi connectivity index (χ3n) is 2.34. The molecular formula is C12H24N2O2S. The summed E-state index contributed by atoms with van der Waals surface area (Å²) in [6, 6.07) is 2.61. The first-order chi connectivity index (χ1) is 7.93. The van der Waals surface area contributed by atoms with Crippen molar-refractivity contribution in [2.75, 3.05) is 18.1 Å². The quantitative estimate of drug-likeness (QED) is 0.542. The van der Waals surface area contributed by atoms with Crippen LogP contribution in [-0.4, -0.2) is 46.0 Å². The summed E-state index contributed by atoms with van der Waals surface area (Å²) >= 11 is 1.61. The molecule has 5 heteroatoms. The molecule has 0 aromatic carbocycles. The molecule has 0 aliphatic rings. The second kappa shape index (κ2) is 8.76. The lowest BCUT2D eigenvalue weighted by Crippen LogP contribution is -2.44. The van der Waals surface area contributed by atoms with Crippen LogP contribution in [-0.2, 0) is 0 Å². The van der Waals surface area contributed by atoms with Crippen molar-refractivity contribution in [2.24, 2.45) is 0 Å². The normalized spacial score (nSPS) is 16.5. The van der Waals surface area contributed by atoms with Crippen LogP contribution in [0.1, 0.15) is 33.6 Å². The van der Waals surface area contributed by atoms with E-state index in [4.69, 9.17) is 15.5 Å². The fraction of sp³-hybridized carbons (Fsp3) is 0.917. The van der Waals surface area contributed by atoms with E-state index in [1.807, 2.05) is 20.8 Å². The van der Waals surface area contributed by atoms with Crippen LogP contribution in [0.15, 0.2) is 0 Å². The van der Waals surface area contributed by atoms with Gasteiger partial charge in [-0.1, -0.05) is 0 Å². The van der Waals surface area contributed by atoms with Crippen LogP contribution in [0.4, 0.5) is 0 Å². The van der Waals surface area contributed by atoms with Gasteiger partial charge in [0.2, 0.25) is 0 Å². The smallest absolute Gasteiger partial charge is 0.104 e. The topological polar surface area (TPSA) is 76.3 Å². The minimum Gasteiger partial charge on any atom is -0.394 e. The Labute approximate surface area is 108 Å². The van der Waals surface area contributed by atoms with Crippen LogP contribution in [0.3, 0.4) is 0 Å². The molecule has 0 amide bonds. The molecule has 2 atom stereocenters. The van der Waals surface area contributed by atoms with Crippen molar-refractivity contribution in [3.8, 4) is 6.07 Å². The standard InChI is InChI=1S/C12H24N2O2S/c1-10(2)14-12(3,9-13)5-4-6-17-8-11(16)7-15/h10-11,14-16H,4-8H2,1-3H3. The number of aliphatic hydroxyl groups is 2. The number of rotatable bonds is 9. The van der Waals surface area contributed by atoms with Gasteiger partial charge in [-0.2, -0.15) is 17.0 Å². The van der Waals surface area contributed by atoms with E-state index >= 15 is 0 Å². The molecule has 0 saturated carbocycles. The summed E-state index contributed by atoms with van der Waals surface area (Å²) in [7, 11) is 0. The van der Waals surface area contributed by atoms with Crippen LogP contribution in [0.2, 0.25) is 0 Å². The van der Waals surface area contributed by atoms with Crippen LogP contribution < -0.4 is 5.32 Å². The van der Waals surface area contributed by atoms with Crippen molar-refractivity contribution in [3.63, 3.8) is 0 Å². The van der Waals surface area contributed by atoms with Crippen molar-refractivity contribution in [2.45, 2.75) is 51.3 Å². The van der Waals surface area contributed by atoms with E-state index in [-0.39, 0.29) is 6.61 Å². The molecule has 100 valence electrons. The highest BCUT2D eigenvalue weighted by Gasteiger charge is 2.23. The van der Waals surface area contributed by atoms with Gasteiger partial charge in [-0.15, -0.1) is 0 Å². The molecule has 0 fully saturated rings. The van der Waals surface area contributed by atoms with E-state index in [0.717, 1.165) is 18.6 Å². The molecule has 0 bridgehead atoms. The van der Waals surface area contributed by atoms with Gasteiger partial charge < -0.3 is 10.2 Å². The van der Waals surface area contributed by atoms with Crippen molar-refractivity contribution >= 4 is 11.8 Å². The van der Waals surface area contributed by atoms with E-state index in [0.29, 0.717) is 11.8 Å². The number of hydrogen-bond acceptors (Lipinski definition) is 5. The van der Waals surface area contributed by atoms with Crippen LogP contribution >= 0.6 is 11.8 Å². The number of aliphatic hydroxyl groups excluding tert-OH is 2. The summed E-state index contributed by atoms with van der Waals surface area (Å²) in [6.45, 7) is 5.79. The second-order valence-corrected chi connectivity index (χ2v) is 5.91. The summed E-state index contributed by atoms with van der Waals surface area (Å²) in [5.41, 5.74) is -0.468. The third-order valence-corrected chi connectivity index (χ3v) is 3.54. The van der Waals surface area contributed by atoms with Crippen LogP contribution in [0, 0.1) is 11.3 Å². The number of nitrogens with one attached hydrogen (secondary N) is 1. The largest absolute Gasteiger partial charge is 0.394 e. The Hall–Kier alpha value is -0.280. The van der Waals surface area contributed by atoms with Gasteiger partial charge in [0, 0.05) is 11.8 Å². The maximum atomic E-state index is 9.15. The lowest BCUT2D eigenvalue weighted by Gasteiger charge is -2.25. The predicted molar refractivity (Wildman–Crippen MR) is 71.9 cm³/mol. The first kappa shape index (κ1) is 16.7. The molecule has 0 aliphatic heterocycles. The Kier molecular flexibility index (Phi) is 8.61. The Balaban J connectivity index is 3.74. The van der Waals surface area contributed by atoms with Gasteiger partial charge in [0.1, 0.15) is 5.54 Å². The van der Waals surface area contributed by atoms with Gasteiger partial charge in [0.25, 0.3) is 0 Å². The van der Waals surface area contributed by atoms with E-state index in [1.165, 1.54) is 0 Å². The van der Waals surface area contributed by atoms with E-state index in [2.05, 4.69) is 11.4 Å². The van der Waals surface area contributed by atoms with Crippen molar-refractivity contribution < 1.29 is 10.2 Å². The Bertz CT molecular complexity index is 243. The molecule has 0 aromatic rings. The maximum absolute atomic E-state index is 9.15. The highest BCUT2D eigenvalue weighted by atomic mass is 32.2. The molecule has 0 saturated heterocycles. The second-order valence-electron chi connectivity index (χ2n) is 4.76. The highest BCUT2D eigenvalue weighted by Crippen LogP contribution is 2.15. The summed E-state index contributed by atoms with van der Waals surface area (Å²) in [4.78, 5) is 0. The number of nitriles is 1. The van der Waals surface area contributed by atoms with Gasteiger partial charge >= 0.3 is 0 Å². The van der Waals surface area contributed by atoms with Gasteiger partial charge in [0.05, 0.1) is 18.8 Å². The fourth-order valence-electron chi connectivity index (χ4n) is 1.60. The maximum Gasteiger partial charge on any atom is 0.104 e. The zero-order chi connectivity index (χ0) is 13.3. The Morgan fingerprint density at radius 2 is 2.12 bits per heavy atom. The highest BCUT2D eigenvalue weighted by molar-refractivity contribution is 7.99. The van der Waals surface area contributed by atoms with E-state index < -0.39 is 11.6 Å². The summed E-state index contributed by atoms with van der Waals surface area (Å²) in [6.07, 6.45) is 1.09. The number of nitrogens with zero attached hydrogens (tertiary/aromatic N) is 1.